The van der Waals surface area contributed by atoms with Gasteiger partial charge >= 0.3 is 0 Å². The van der Waals surface area contributed by atoms with Gasteiger partial charge in [-0.25, -0.2) is 0 Å². The monoisotopic (exact) mass is 586 g/mol. The van der Waals surface area contributed by atoms with E-state index in [-0.39, 0.29) is 11.6 Å². The highest BCUT2D eigenvalue weighted by Gasteiger charge is 2.47. The molecule has 2 fully saturated rings. The molecule has 1 aliphatic carbocycles. The lowest BCUT2D eigenvalue weighted by Crippen LogP contribution is -2.53. The number of hydrogen-bond donors (Lipinski definition) is 1. The van der Waals surface area contributed by atoms with Gasteiger partial charge in [0.15, 0.2) is 0 Å². The Morgan fingerprint density at radius 1 is 1.29 bits per heavy atom. The number of thiophene rings is 1. The van der Waals surface area contributed by atoms with E-state index in [1.807, 2.05) is 38.1 Å². The second-order valence-corrected chi connectivity index (χ2v) is 14.1. The van der Waals surface area contributed by atoms with Gasteiger partial charge in [0.25, 0.3) is 5.91 Å². The number of amides is 1. The number of nitrogens with one attached hydrogen (secondary N) is 1. The van der Waals surface area contributed by atoms with Gasteiger partial charge in [-0.3, -0.25) is 9.79 Å². The lowest BCUT2D eigenvalue weighted by molar-refractivity contribution is 0.0562. The molecule has 1 N–H and O–H groups in total. The first kappa shape index (κ1) is 29.4. The van der Waals surface area contributed by atoms with E-state index in [0.29, 0.717) is 11.6 Å². The highest BCUT2D eigenvalue weighted by Crippen LogP contribution is 2.50. The van der Waals surface area contributed by atoms with Crippen LogP contribution in [0.5, 0.6) is 5.75 Å². The van der Waals surface area contributed by atoms with Crippen LogP contribution >= 0.6 is 11.3 Å². The Labute approximate surface area is 251 Å². The van der Waals surface area contributed by atoms with Crippen molar-refractivity contribution in [2.24, 2.45) is 4.99 Å². The Bertz CT molecular complexity index is 1480. The summed E-state index contributed by atoms with van der Waals surface area (Å²) >= 11 is 1.80. The van der Waals surface area contributed by atoms with Crippen LogP contribution in [0.1, 0.15) is 58.1 Å². The van der Waals surface area contributed by atoms with Gasteiger partial charge in [-0.15, -0.1) is 11.3 Å². The molecule has 1 amide bonds. The number of ether oxygens (including phenoxy) is 1. The van der Waals surface area contributed by atoms with Crippen molar-refractivity contribution >= 4 is 46.0 Å². The summed E-state index contributed by atoms with van der Waals surface area (Å²) in [4.78, 5) is 25.3. The molecule has 1 aliphatic heterocycles. The van der Waals surface area contributed by atoms with Crippen LogP contribution in [0.2, 0.25) is 0 Å². The summed E-state index contributed by atoms with van der Waals surface area (Å²) in [6.45, 7) is 9.92. The van der Waals surface area contributed by atoms with Crippen molar-refractivity contribution < 1.29 is 9.53 Å². The molecule has 2 heterocycles. The van der Waals surface area contributed by atoms with Crippen molar-refractivity contribution in [1.29, 1.82) is 0 Å². The molecule has 2 atom stereocenters. The lowest BCUT2D eigenvalue weighted by atomic mass is 9.92. The third-order valence-corrected chi connectivity index (χ3v) is 10.5. The minimum atomic E-state index is -0.441. The summed E-state index contributed by atoms with van der Waals surface area (Å²) in [7, 11) is 7.26. The molecular formula is C33H42N4O2SSi. The average Bonchev–Trinajstić information content (AvgIpc) is 3.56. The number of rotatable bonds is 11. The smallest absolute Gasteiger partial charge is 0.252 e. The van der Waals surface area contributed by atoms with Crippen LogP contribution in [0.4, 0.5) is 5.69 Å². The molecule has 216 valence electrons. The zero-order valence-corrected chi connectivity index (χ0v) is 28.0. The van der Waals surface area contributed by atoms with Gasteiger partial charge in [0.2, 0.25) is 0 Å². The number of likely N-dealkylation sites (N-methyl/N-ethyl adjacent to an activating group) is 1. The van der Waals surface area contributed by atoms with Crippen molar-refractivity contribution in [2.75, 3.05) is 27.7 Å². The van der Waals surface area contributed by atoms with Crippen molar-refractivity contribution in [2.45, 2.75) is 57.0 Å². The van der Waals surface area contributed by atoms with Gasteiger partial charge in [0.05, 0.1) is 27.2 Å². The molecule has 0 spiro atoms. The van der Waals surface area contributed by atoms with Gasteiger partial charge in [-0.1, -0.05) is 18.2 Å². The number of nitrogens with zero attached hydrogens (tertiary/aromatic N) is 3. The zero-order chi connectivity index (χ0) is 29.3. The van der Waals surface area contributed by atoms with Gasteiger partial charge in [0, 0.05) is 33.5 Å². The van der Waals surface area contributed by atoms with Crippen molar-refractivity contribution in [3.63, 3.8) is 0 Å². The van der Waals surface area contributed by atoms with Crippen LogP contribution in [0.3, 0.4) is 0 Å². The molecule has 1 unspecified atom stereocenters. The van der Waals surface area contributed by atoms with Crippen molar-refractivity contribution in [1.82, 2.24) is 15.1 Å². The van der Waals surface area contributed by atoms with Crippen LogP contribution in [0.25, 0.3) is 16.5 Å². The van der Waals surface area contributed by atoms with Crippen LogP contribution < -0.4 is 10.1 Å². The predicted octanol–water partition coefficient (Wildman–Crippen LogP) is 5.34. The number of benzene rings is 2. The molecule has 6 nitrogen and oxygen atoms in total. The van der Waals surface area contributed by atoms with E-state index in [2.05, 4.69) is 78.3 Å². The van der Waals surface area contributed by atoms with Gasteiger partial charge in [0.1, 0.15) is 5.75 Å². The topological polar surface area (TPSA) is 57.2 Å². The predicted molar refractivity (Wildman–Crippen MR) is 176 cm³/mol. The first-order valence-electron chi connectivity index (χ1n) is 14.5. The molecule has 41 heavy (non-hydrogen) atoms. The second kappa shape index (κ2) is 12.1. The second-order valence-electron chi connectivity index (χ2n) is 11.8. The summed E-state index contributed by atoms with van der Waals surface area (Å²) in [5.74, 6) is 0.706. The maximum absolute atomic E-state index is 13.8. The largest absolute Gasteiger partial charge is 0.494 e. The van der Waals surface area contributed by atoms with E-state index in [1.165, 1.54) is 16.2 Å². The van der Waals surface area contributed by atoms with E-state index in [4.69, 9.17) is 4.74 Å². The Hall–Kier alpha value is -3.04. The molecule has 3 aromatic rings. The van der Waals surface area contributed by atoms with E-state index >= 15 is 0 Å². The average molecular weight is 587 g/mol. The number of aliphatic imine (C=N–C) groups is 1. The van der Waals surface area contributed by atoms with E-state index in [9.17, 15) is 4.79 Å². The molecule has 1 saturated heterocycles. The van der Waals surface area contributed by atoms with Gasteiger partial charge in [-0.2, -0.15) is 0 Å². The van der Waals surface area contributed by atoms with E-state index in [1.54, 1.807) is 11.3 Å². The maximum Gasteiger partial charge on any atom is 0.252 e. The summed E-state index contributed by atoms with van der Waals surface area (Å²) in [6.07, 6.45) is 7.05. The number of carbonyl (C=O) groups excluding carboxylic acids is 1. The molecule has 2 aliphatic rings. The maximum atomic E-state index is 13.8. The van der Waals surface area contributed by atoms with Crippen LogP contribution in [-0.4, -0.2) is 72.1 Å². The summed E-state index contributed by atoms with van der Waals surface area (Å²) in [5.41, 5.74) is 5.44. The minimum Gasteiger partial charge on any atom is -0.494 e. The van der Waals surface area contributed by atoms with Crippen molar-refractivity contribution in [3.8, 4) is 16.2 Å². The Morgan fingerprint density at radius 3 is 2.68 bits per heavy atom. The molecule has 1 saturated carbocycles. The Balaban J connectivity index is 1.45. The number of allylic oxidation sites excluding steroid dienone is 1. The number of hydrogen-bond acceptors (Lipinski definition) is 6. The van der Waals surface area contributed by atoms with E-state index in [0.717, 1.165) is 69.9 Å². The number of aryl methyl sites for hydroxylation is 1. The molecule has 1 aromatic heterocycles. The summed E-state index contributed by atoms with van der Waals surface area (Å²) in [6, 6.07) is 15.1. The standard InChI is InChI=1S/C33H42N4O2SSi/c1-7-8-25-27(17-22(18-28(25)34-3)30-12-11-24(40-30)20-36(4)5)33(14-15-33)35-31(38)26-19-23(10-9-21(26)2)39-32(41)29-13-16-37(29)6/h7-12,17-19,29,32H,3,13-16,20H2,1-2,4-6,41H3,(H,35,38)/b8-7-/t29-,32?/m0/s1. The molecule has 2 aromatic carbocycles. The normalized spacial score (nSPS) is 18.8. The number of carbonyl (C=O) groups is 1. The van der Waals surface area contributed by atoms with Crippen LogP contribution in [-0.2, 0) is 12.1 Å². The third kappa shape index (κ3) is 6.26. The van der Waals surface area contributed by atoms with Crippen molar-refractivity contribution in [3.05, 3.63) is 75.7 Å². The molecule has 0 radical (unpaired) electrons. The first-order chi connectivity index (χ1) is 19.6. The molecular weight excluding hydrogens is 545 g/mol. The Morgan fingerprint density at radius 2 is 2.07 bits per heavy atom. The van der Waals surface area contributed by atoms with Crippen LogP contribution in [0.15, 0.2) is 53.5 Å². The van der Waals surface area contributed by atoms with Gasteiger partial charge < -0.3 is 19.9 Å². The summed E-state index contributed by atoms with van der Waals surface area (Å²) in [5, 5.41) is 3.44. The highest BCUT2D eigenvalue weighted by atomic mass is 32.1. The fraction of sp³-hybridized carbons (Fsp3) is 0.394. The van der Waals surface area contributed by atoms with E-state index < -0.39 is 5.54 Å². The quantitative estimate of drug-likeness (QED) is 0.243. The number of likely N-dealkylation sites (tertiary alicyclic amines) is 1. The lowest BCUT2D eigenvalue weighted by Gasteiger charge is -2.41. The first-order valence-corrected chi connectivity index (χ1v) is 16.4. The third-order valence-electron chi connectivity index (χ3n) is 8.36. The van der Waals surface area contributed by atoms with Gasteiger partial charge in [-0.05, 0) is 121 Å². The molecule has 8 heteroatoms. The summed E-state index contributed by atoms with van der Waals surface area (Å²) < 4.78 is 6.35. The van der Waals surface area contributed by atoms with Crippen LogP contribution in [0, 0.1) is 6.92 Å². The highest BCUT2D eigenvalue weighted by molar-refractivity contribution is 7.15. The zero-order valence-electron chi connectivity index (χ0n) is 25.2. The fourth-order valence-electron chi connectivity index (χ4n) is 5.79. The molecule has 0 bridgehead atoms. The SMILES string of the molecule is C=Nc1cc(-c2ccc(CN(C)C)s2)cc(C2(NC(=O)c3cc(OC([SiH3])[C@@H]4CCN4C)ccc3C)CC2)c1/C=C\C. The minimum absolute atomic E-state index is 0.0644. The fourth-order valence-corrected chi connectivity index (χ4v) is 8.02. The molecule has 5 rings (SSSR count). The Kier molecular flexibility index (Phi) is 8.66.